The third kappa shape index (κ3) is 3.71. The third-order valence-corrected chi connectivity index (χ3v) is 3.30. The number of hydrogen-bond acceptors (Lipinski definition) is 2. The van der Waals surface area contributed by atoms with Gasteiger partial charge in [-0.15, -0.1) is 0 Å². The molecule has 0 aliphatic carbocycles. The van der Waals surface area contributed by atoms with Crippen LogP contribution in [0.1, 0.15) is 18.1 Å². The fourth-order valence-corrected chi connectivity index (χ4v) is 2.16. The van der Waals surface area contributed by atoms with E-state index in [1.165, 1.54) is 12.1 Å². The smallest absolute Gasteiger partial charge is 0.133 e. The molecule has 2 aromatic rings. The van der Waals surface area contributed by atoms with Crippen LogP contribution in [0.2, 0.25) is 5.02 Å². The summed E-state index contributed by atoms with van der Waals surface area (Å²) in [7, 11) is 0. The molecule has 1 atom stereocenters. The molecule has 0 fully saturated rings. The van der Waals surface area contributed by atoms with E-state index in [4.69, 9.17) is 22.1 Å². The maximum atomic E-state index is 13.2. The van der Waals surface area contributed by atoms with E-state index in [-0.39, 0.29) is 11.9 Å². The molecule has 2 aromatic carbocycles. The van der Waals surface area contributed by atoms with Crippen LogP contribution in [0.15, 0.2) is 36.4 Å². The lowest BCUT2D eigenvalue weighted by Gasteiger charge is -2.12. The summed E-state index contributed by atoms with van der Waals surface area (Å²) in [5, 5.41) is 0.605. The molecule has 0 aliphatic rings. The lowest BCUT2D eigenvalue weighted by atomic mass is 10.1. The summed E-state index contributed by atoms with van der Waals surface area (Å²) in [5.74, 6) is 0.739. The van der Waals surface area contributed by atoms with Gasteiger partial charge >= 0.3 is 0 Å². The average Bonchev–Trinajstić information content (AvgIpc) is 2.37. The molecule has 0 saturated heterocycles. The van der Waals surface area contributed by atoms with Crippen LogP contribution in [0, 0.1) is 12.7 Å². The number of ether oxygens (including phenoxy) is 1. The molecular weight excluding hydrogens is 277 g/mol. The van der Waals surface area contributed by atoms with Crippen molar-refractivity contribution in [3.8, 4) is 11.5 Å². The SMILES string of the molecule is Cc1ccc(F)cc1Oc1ccc(CC(C)N)c(Cl)c1. The highest BCUT2D eigenvalue weighted by molar-refractivity contribution is 6.31. The van der Waals surface area contributed by atoms with Crippen molar-refractivity contribution in [3.63, 3.8) is 0 Å². The first kappa shape index (κ1) is 14.8. The highest BCUT2D eigenvalue weighted by atomic mass is 35.5. The van der Waals surface area contributed by atoms with Crippen LogP contribution < -0.4 is 10.5 Å². The molecule has 0 aromatic heterocycles. The maximum absolute atomic E-state index is 13.2. The highest BCUT2D eigenvalue weighted by Gasteiger charge is 2.07. The monoisotopic (exact) mass is 293 g/mol. The van der Waals surface area contributed by atoms with Crippen molar-refractivity contribution in [2.24, 2.45) is 5.73 Å². The van der Waals surface area contributed by atoms with Crippen molar-refractivity contribution in [3.05, 3.63) is 58.4 Å². The largest absolute Gasteiger partial charge is 0.457 e. The maximum Gasteiger partial charge on any atom is 0.133 e. The Kier molecular flexibility index (Phi) is 4.63. The number of benzene rings is 2. The molecule has 0 saturated carbocycles. The van der Waals surface area contributed by atoms with Crippen molar-refractivity contribution in [1.29, 1.82) is 0 Å². The Bertz CT molecular complexity index is 613. The zero-order valence-corrected chi connectivity index (χ0v) is 12.2. The van der Waals surface area contributed by atoms with Gasteiger partial charge in [0.15, 0.2) is 0 Å². The van der Waals surface area contributed by atoms with E-state index in [2.05, 4.69) is 0 Å². The number of aryl methyl sites for hydroxylation is 1. The summed E-state index contributed by atoms with van der Waals surface area (Å²) in [5.41, 5.74) is 7.60. The quantitative estimate of drug-likeness (QED) is 0.902. The zero-order chi connectivity index (χ0) is 14.7. The van der Waals surface area contributed by atoms with Crippen molar-refractivity contribution in [1.82, 2.24) is 0 Å². The third-order valence-electron chi connectivity index (χ3n) is 2.94. The van der Waals surface area contributed by atoms with E-state index >= 15 is 0 Å². The van der Waals surface area contributed by atoms with E-state index < -0.39 is 0 Å². The summed E-state index contributed by atoms with van der Waals surface area (Å²) < 4.78 is 18.9. The molecule has 2 N–H and O–H groups in total. The van der Waals surface area contributed by atoms with Gasteiger partial charge in [0.1, 0.15) is 17.3 Å². The molecule has 1 unspecified atom stereocenters. The van der Waals surface area contributed by atoms with Crippen LogP contribution in [0.3, 0.4) is 0 Å². The Morgan fingerprint density at radius 2 is 2.00 bits per heavy atom. The van der Waals surface area contributed by atoms with Gasteiger partial charge in [-0.25, -0.2) is 4.39 Å². The van der Waals surface area contributed by atoms with Gasteiger partial charge in [0.05, 0.1) is 0 Å². The van der Waals surface area contributed by atoms with Gasteiger partial charge < -0.3 is 10.5 Å². The molecular formula is C16H17ClFNO. The summed E-state index contributed by atoms with van der Waals surface area (Å²) in [6, 6.07) is 9.91. The summed E-state index contributed by atoms with van der Waals surface area (Å²) in [6.45, 7) is 3.79. The number of halogens is 2. The molecule has 0 aliphatic heterocycles. The predicted octanol–water partition coefficient (Wildman–Crippen LogP) is 4.47. The zero-order valence-electron chi connectivity index (χ0n) is 11.5. The van der Waals surface area contributed by atoms with E-state index in [1.54, 1.807) is 12.1 Å². The van der Waals surface area contributed by atoms with Gasteiger partial charge in [-0.3, -0.25) is 0 Å². The Hall–Kier alpha value is -1.58. The van der Waals surface area contributed by atoms with Crippen LogP contribution in [0.5, 0.6) is 11.5 Å². The fraction of sp³-hybridized carbons (Fsp3) is 0.250. The minimum absolute atomic E-state index is 0.0460. The lowest BCUT2D eigenvalue weighted by molar-refractivity contribution is 0.472. The van der Waals surface area contributed by atoms with Gasteiger partial charge in [-0.05, 0) is 49.6 Å². The normalized spacial score (nSPS) is 12.2. The second-order valence-corrected chi connectivity index (χ2v) is 5.35. The second-order valence-electron chi connectivity index (χ2n) is 4.95. The molecule has 0 bridgehead atoms. The minimum atomic E-state index is -0.328. The Morgan fingerprint density at radius 3 is 2.65 bits per heavy atom. The van der Waals surface area contributed by atoms with E-state index in [9.17, 15) is 4.39 Å². The second kappa shape index (κ2) is 6.25. The minimum Gasteiger partial charge on any atom is -0.457 e. The topological polar surface area (TPSA) is 35.2 Å². The average molecular weight is 294 g/mol. The van der Waals surface area contributed by atoms with Gasteiger partial charge in [0.2, 0.25) is 0 Å². The molecule has 0 heterocycles. The predicted molar refractivity (Wildman–Crippen MR) is 80.0 cm³/mol. The number of rotatable bonds is 4. The van der Waals surface area contributed by atoms with Gasteiger partial charge in [0.25, 0.3) is 0 Å². The fourth-order valence-electron chi connectivity index (χ4n) is 1.91. The van der Waals surface area contributed by atoms with Gasteiger partial charge in [-0.2, -0.15) is 0 Å². The number of hydrogen-bond donors (Lipinski definition) is 1. The lowest BCUT2D eigenvalue weighted by Crippen LogP contribution is -2.17. The summed E-state index contributed by atoms with van der Waals surface area (Å²) in [6.07, 6.45) is 0.706. The van der Waals surface area contributed by atoms with Crippen LogP contribution in [-0.4, -0.2) is 6.04 Å². The van der Waals surface area contributed by atoms with Crippen LogP contribution >= 0.6 is 11.6 Å². The van der Waals surface area contributed by atoms with Crippen molar-refractivity contribution in [2.75, 3.05) is 0 Å². The van der Waals surface area contributed by atoms with Crippen LogP contribution in [0.4, 0.5) is 4.39 Å². The van der Waals surface area contributed by atoms with Crippen molar-refractivity contribution >= 4 is 11.6 Å². The van der Waals surface area contributed by atoms with Gasteiger partial charge in [-0.1, -0.05) is 23.7 Å². The first-order valence-electron chi connectivity index (χ1n) is 6.43. The molecule has 2 nitrogen and oxygen atoms in total. The van der Waals surface area contributed by atoms with Crippen molar-refractivity contribution < 1.29 is 9.13 Å². The first-order valence-corrected chi connectivity index (χ1v) is 6.81. The summed E-state index contributed by atoms with van der Waals surface area (Å²) in [4.78, 5) is 0. The Labute approximate surface area is 123 Å². The Balaban J connectivity index is 2.22. The molecule has 0 spiro atoms. The highest BCUT2D eigenvalue weighted by Crippen LogP contribution is 2.29. The van der Waals surface area contributed by atoms with Crippen LogP contribution in [-0.2, 0) is 6.42 Å². The van der Waals surface area contributed by atoms with Crippen LogP contribution in [0.25, 0.3) is 0 Å². The van der Waals surface area contributed by atoms with E-state index in [1.807, 2.05) is 26.0 Å². The van der Waals surface area contributed by atoms with Gasteiger partial charge in [0, 0.05) is 17.1 Å². The molecule has 4 heteroatoms. The van der Waals surface area contributed by atoms with Crippen molar-refractivity contribution in [2.45, 2.75) is 26.3 Å². The Morgan fingerprint density at radius 1 is 1.25 bits per heavy atom. The standard InChI is InChI=1S/C16H17ClFNO/c1-10-3-5-13(18)8-16(10)20-14-6-4-12(7-11(2)19)15(17)9-14/h3-6,8-9,11H,7,19H2,1-2H3. The molecule has 106 valence electrons. The first-order chi connectivity index (χ1) is 9.45. The molecule has 0 radical (unpaired) electrons. The van der Waals surface area contributed by atoms with E-state index in [0.29, 0.717) is 22.9 Å². The number of nitrogens with two attached hydrogens (primary N) is 1. The van der Waals surface area contributed by atoms with E-state index in [0.717, 1.165) is 11.1 Å². The summed E-state index contributed by atoms with van der Waals surface area (Å²) >= 11 is 6.20. The molecule has 2 rings (SSSR count). The molecule has 0 amide bonds. The molecule has 20 heavy (non-hydrogen) atoms.